The van der Waals surface area contributed by atoms with Crippen molar-refractivity contribution in [2.45, 2.75) is 9.79 Å². The van der Waals surface area contributed by atoms with Gasteiger partial charge in [-0.05, 0) is 35.7 Å². The van der Waals surface area contributed by atoms with Crippen LogP contribution in [0.15, 0.2) is 107 Å². The number of benzene rings is 5. The molecule has 5 aromatic rings. The van der Waals surface area contributed by atoms with Crippen molar-refractivity contribution in [2.75, 3.05) is 0 Å². The minimum atomic E-state index is -5.27. The van der Waals surface area contributed by atoms with Crippen molar-refractivity contribution in [2.24, 2.45) is 30.7 Å². The molecule has 6 N–H and O–H groups in total. The fourth-order valence-corrected chi connectivity index (χ4v) is 5.77. The van der Waals surface area contributed by atoms with Crippen molar-refractivity contribution in [3.63, 3.8) is 0 Å². The van der Waals surface area contributed by atoms with Gasteiger partial charge < -0.3 is 20.4 Å². The van der Waals surface area contributed by atoms with Gasteiger partial charge in [0.1, 0.15) is 33.5 Å². The van der Waals surface area contributed by atoms with Crippen LogP contribution >= 0.6 is 0 Å². The number of non-ortho nitro benzene ring substituents is 2. The topological polar surface area (TPSA) is 393 Å². The standard InChI is InChI=1S/C28H17N9O16S2.2Na/c38-21-11-22(39)18(31-33-26-20(37(46)47)7-15(36(44)45)8-23(26)40)10-17(21)30-32-19-9-16(54(48,49)50)5-12-6-24(55(51,52)53)27(28(41)25(12)19)34-29-13-1-3-14(4-2-13)35(42)43;;/h1-11,38-41H,(H,48,49,50)(H,51,52,53);;. The first-order chi connectivity index (χ1) is 25.6. The van der Waals surface area contributed by atoms with Crippen LogP contribution < -0.4 is 0 Å². The van der Waals surface area contributed by atoms with Gasteiger partial charge in [0.2, 0.25) is 5.69 Å². The van der Waals surface area contributed by atoms with Gasteiger partial charge in [-0.15, -0.1) is 25.6 Å². The molecule has 5 aromatic carbocycles. The number of azo groups is 3. The van der Waals surface area contributed by atoms with Gasteiger partial charge in [0, 0.05) is 83.4 Å². The molecule has 284 valence electrons. The van der Waals surface area contributed by atoms with Gasteiger partial charge in [-0.25, -0.2) is 0 Å². The molecule has 0 bridgehead atoms. The Morgan fingerprint density at radius 1 is 0.526 bits per heavy atom. The minimum absolute atomic E-state index is 0. The second kappa shape index (κ2) is 17.7. The summed E-state index contributed by atoms with van der Waals surface area (Å²) in [5, 5.41) is 96.6. The molecule has 0 fully saturated rings. The smallest absolute Gasteiger partial charge is 0.307 e. The van der Waals surface area contributed by atoms with Crippen molar-refractivity contribution in [1.82, 2.24) is 0 Å². The summed E-state index contributed by atoms with van der Waals surface area (Å²) >= 11 is 0. The first-order valence-electron chi connectivity index (χ1n) is 14.2. The average Bonchev–Trinajstić information content (AvgIpc) is 3.09. The van der Waals surface area contributed by atoms with E-state index in [2.05, 4.69) is 30.7 Å². The van der Waals surface area contributed by atoms with Gasteiger partial charge in [-0.1, -0.05) is 0 Å². The van der Waals surface area contributed by atoms with Crippen LogP contribution in [0.5, 0.6) is 23.0 Å². The molecular formula is C28H17N9Na2O16S2. The summed E-state index contributed by atoms with van der Waals surface area (Å²) in [4.78, 5) is 28.6. The Morgan fingerprint density at radius 2 is 1.07 bits per heavy atom. The summed E-state index contributed by atoms with van der Waals surface area (Å²) < 4.78 is 68.6. The number of phenolic OH excluding ortho intramolecular Hbond substituents is 4. The molecule has 29 heteroatoms. The van der Waals surface area contributed by atoms with Crippen molar-refractivity contribution in [3.8, 4) is 23.0 Å². The monoisotopic (exact) mass is 845 g/mol. The molecule has 0 aliphatic heterocycles. The fraction of sp³-hybridized carbons (Fsp3) is 0. The van der Waals surface area contributed by atoms with Crippen molar-refractivity contribution < 1.29 is 61.1 Å². The van der Waals surface area contributed by atoms with Gasteiger partial charge in [0.15, 0.2) is 11.5 Å². The molecule has 25 nitrogen and oxygen atoms in total. The Balaban J connectivity index is 0.00000435. The average molecular weight is 846 g/mol. The van der Waals surface area contributed by atoms with E-state index in [1.54, 1.807) is 0 Å². The van der Waals surface area contributed by atoms with E-state index < -0.39 is 118 Å². The number of fused-ring (bicyclic) bond motifs is 1. The maximum Gasteiger partial charge on any atom is 0.307 e. The first kappa shape index (κ1) is 45.8. The van der Waals surface area contributed by atoms with Crippen LogP contribution in [0.4, 0.5) is 51.2 Å². The van der Waals surface area contributed by atoms with Crippen LogP contribution in [0.2, 0.25) is 0 Å². The summed E-state index contributed by atoms with van der Waals surface area (Å²) in [5.41, 5.74) is -6.04. The predicted octanol–water partition coefficient (Wildman–Crippen LogP) is 6.36. The molecule has 0 atom stereocenters. The third kappa shape index (κ3) is 10.2. The van der Waals surface area contributed by atoms with Crippen LogP contribution in [-0.4, -0.2) is 120 Å². The van der Waals surface area contributed by atoms with Gasteiger partial charge in [-0.2, -0.15) is 21.9 Å². The van der Waals surface area contributed by atoms with Crippen LogP contribution in [0.1, 0.15) is 0 Å². The van der Waals surface area contributed by atoms with E-state index >= 15 is 0 Å². The molecule has 0 unspecified atom stereocenters. The number of nitro groups is 3. The zero-order valence-corrected chi connectivity index (χ0v) is 34.1. The van der Waals surface area contributed by atoms with Crippen molar-refractivity contribution in [3.05, 3.63) is 97.1 Å². The molecule has 57 heavy (non-hydrogen) atoms. The summed E-state index contributed by atoms with van der Waals surface area (Å²) in [6.07, 6.45) is 0. The summed E-state index contributed by atoms with van der Waals surface area (Å²) in [6, 6.07) is 8.64. The fourth-order valence-electron chi connectivity index (χ4n) is 4.57. The maximum absolute atomic E-state index is 12.3. The zero-order chi connectivity index (χ0) is 40.6. The number of hydrogen-bond acceptors (Lipinski definition) is 20. The van der Waals surface area contributed by atoms with E-state index in [9.17, 15) is 76.7 Å². The molecule has 0 amide bonds. The molecule has 0 spiro atoms. The minimum Gasteiger partial charge on any atom is -0.505 e. The number of hydrogen-bond donors (Lipinski definition) is 6. The largest absolute Gasteiger partial charge is 0.505 e. The second-order valence-corrected chi connectivity index (χ2v) is 13.4. The summed E-state index contributed by atoms with van der Waals surface area (Å²) in [6.45, 7) is 0. The van der Waals surface area contributed by atoms with E-state index in [0.29, 0.717) is 36.4 Å². The number of rotatable bonds is 11. The van der Waals surface area contributed by atoms with Crippen LogP contribution in [0.25, 0.3) is 10.8 Å². The molecule has 2 radical (unpaired) electrons. The Bertz CT molecular complexity index is 2810. The van der Waals surface area contributed by atoms with Gasteiger partial charge >= 0.3 is 5.69 Å². The molecule has 0 saturated heterocycles. The molecule has 5 rings (SSSR count). The second-order valence-electron chi connectivity index (χ2n) is 10.6. The maximum atomic E-state index is 12.3. The first-order valence-corrected chi connectivity index (χ1v) is 17.0. The Hall–Kier alpha value is -5.62. The van der Waals surface area contributed by atoms with E-state index in [-0.39, 0.29) is 70.5 Å². The van der Waals surface area contributed by atoms with E-state index in [0.717, 1.165) is 30.3 Å². The number of aromatic hydroxyl groups is 4. The predicted molar refractivity (Wildman–Crippen MR) is 194 cm³/mol. The van der Waals surface area contributed by atoms with Gasteiger partial charge in [0.05, 0.1) is 48.6 Å². The quantitative estimate of drug-likeness (QED) is 0.0276. The molecule has 0 saturated carbocycles. The third-order valence-corrected chi connectivity index (χ3v) is 8.76. The van der Waals surface area contributed by atoms with Crippen LogP contribution in [0, 0.1) is 30.3 Å². The molecule has 0 aliphatic rings. The number of nitro benzene ring substituents is 3. The zero-order valence-electron chi connectivity index (χ0n) is 28.5. The normalized spacial score (nSPS) is 11.8. The molecule has 0 heterocycles. The van der Waals surface area contributed by atoms with Crippen molar-refractivity contribution in [1.29, 1.82) is 0 Å². The summed E-state index contributed by atoms with van der Waals surface area (Å²) in [5.74, 6) is -3.82. The Morgan fingerprint density at radius 3 is 1.60 bits per heavy atom. The number of nitrogens with zero attached hydrogens (tertiary/aromatic N) is 9. The van der Waals surface area contributed by atoms with Crippen LogP contribution in [0.3, 0.4) is 0 Å². The number of phenols is 4. The Kier molecular flexibility index (Phi) is 14.2. The van der Waals surface area contributed by atoms with Gasteiger partial charge in [-0.3, -0.25) is 39.4 Å². The molecular weight excluding hydrogens is 828 g/mol. The molecule has 0 aliphatic carbocycles. The SMILES string of the molecule is O=[N+]([O-])c1ccc(N=Nc2c(S(=O)(=O)O)cc3cc(S(=O)(=O)O)cc(N=Nc4cc(N=Nc5c(O)cc([N+](=O)[O-])cc5[N+](=O)[O-])c(O)cc4O)c3c2O)cc1.[Na].[Na]. The van der Waals surface area contributed by atoms with Crippen LogP contribution in [-0.2, 0) is 20.2 Å². The van der Waals surface area contributed by atoms with E-state index in [1.807, 2.05) is 0 Å². The van der Waals surface area contributed by atoms with Crippen molar-refractivity contribution >= 4 is 141 Å². The summed E-state index contributed by atoms with van der Waals surface area (Å²) in [7, 11) is -10.4. The third-order valence-electron chi connectivity index (χ3n) is 7.06. The van der Waals surface area contributed by atoms with Gasteiger partial charge in [0.25, 0.3) is 31.6 Å². The van der Waals surface area contributed by atoms with E-state index in [1.165, 1.54) is 0 Å². The Labute approximate surface area is 360 Å². The van der Waals surface area contributed by atoms with E-state index in [4.69, 9.17) is 0 Å². The molecule has 0 aromatic heterocycles.